The zero-order valence-corrected chi connectivity index (χ0v) is 11.0. The van der Waals surface area contributed by atoms with Gasteiger partial charge in [0.05, 0.1) is 7.11 Å². The first-order valence-corrected chi connectivity index (χ1v) is 6.56. The minimum absolute atomic E-state index is 0.208. The van der Waals surface area contributed by atoms with Crippen LogP contribution in [0.4, 0.5) is 0 Å². The van der Waals surface area contributed by atoms with Crippen molar-refractivity contribution in [2.75, 3.05) is 13.7 Å². The number of rotatable bonds is 7. The topological polar surface area (TPSA) is 18.5 Å². The number of thioether (sulfide) groups is 1. The van der Waals surface area contributed by atoms with Gasteiger partial charge in [-0.05, 0) is 37.6 Å². The lowest BCUT2D eigenvalue weighted by Crippen LogP contribution is -2.04. The molecule has 1 rings (SSSR count). The van der Waals surface area contributed by atoms with Gasteiger partial charge in [0.25, 0.3) is 0 Å². The minimum Gasteiger partial charge on any atom is -0.497 e. The lowest BCUT2D eigenvalue weighted by atomic mass is 10.3. The molecule has 0 spiro atoms. The quantitative estimate of drug-likeness (QED) is 0.408. The van der Waals surface area contributed by atoms with Crippen molar-refractivity contribution in [3.8, 4) is 5.75 Å². The van der Waals surface area contributed by atoms with Crippen molar-refractivity contribution in [3.05, 3.63) is 24.3 Å². The van der Waals surface area contributed by atoms with Crippen molar-refractivity contribution < 1.29 is 9.47 Å². The van der Waals surface area contributed by atoms with Gasteiger partial charge in [0.2, 0.25) is 0 Å². The van der Waals surface area contributed by atoms with E-state index in [0.717, 1.165) is 18.8 Å². The molecular weight excluding hydrogens is 220 g/mol. The van der Waals surface area contributed by atoms with Crippen molar-refractivity contribution in [2.45, 2.75) is 37.0 Å². The Hall–Kier alpha value is -0.670. The number of ether oxygens (including phenoxy) is 2. The normalized spacial score (nSPS) is 12.4. The Labute approximate surface area is 102 Å². The highest BCUT2D eigenvalue weighted by Crippen LogP contribution is 2.25. The Morgan fingerprint density at radius 3 is 2.50 bits per heavy atom. The highest BCUT2D eigenvalue weighted by molar-refractivity contribution is 7.99. The average Bonchev–Trinajstić information content (AvgIpc) is 2.30. The van der Waals surface area contributed by atoms with Crippen LogP contribution in [0.2, 0.25) is 0 Å². The van der Waals surface area contributed by atoms with Gasteiger partial charge in [-0.25, -0.2) is 0 Å². The average molecular weight is 240 g/mol. The van der Waals surface area contributed by atoms with Crippen LogP contribution in [0, 0.1) is 0 Å². The Balaban J connectivity index is 2.34. The third-order valence-corrected chi connectivity index (χ3v) is 3.22. The van der Waals surface area contributed by atoms with E-state index in [2.05, 4.69) is 26.0 Å². The molecule has 0 aromatic heterocycles. The molecular formula is C13H20O2S. The molecule has 0 aliphatic rings. The second-order valence-corrected chi connectivity index (χ2v) is 4.96. The van der Waals surface area contributed by atoms with E-state index in [4.69, 9.17) is 9.47 Å². The van der Waals surface area contributed by atoms with Crippen molar-refractivity contribution >= 4 is 11.8 Å². The first-order chi connectivity index (χ1) is 7.76. The highest BCUT2D eigenvalue weighted by Gasteiger charge is 2.04. The molecule has 0 aliphatic carbocycles. The summed E-state index contributed by atoms with van der Waals surface area (Å²) in [6.07, 6.45) is 2.31. The zero-order chi connectivity index (χ0) is 11.8. The van der Waals surface area contributed by atoms with Gasteiger partial charge in [0.15, 0.2) is 0 Å². The molecule has 0 fully saturated rings. The van der Waals surface area contributed by atoms with Crippen LogP contribution in [0.25, 0.3) is 0 Å². The van der Waals surface area contributed by atoms with Gasteiger partial charge in [-0.1, -0.05) is 25.1 Å². The number of hydrogen-bond acceptors (Lipinski definition) is 3. The van der Waals surface area contributed by atoms with E-state index in [1.807, 2.05) is 12.1 Å². The van der Waals surface area contributed by atoms with Crippen LogP contribution < -0.4 is 4.74 Å². The molecule has 0 amide bonds. The van der Waals surface area contributed by atoms with Gasteiger partial charge in [0, 0.05) is 11.5 Å². The summed E-state index contributed by atoms with van der Waals surface area (Å²) in [5, 5.41) is 0. The molecule has 0 saturated carbocycles. The van der Waals surface area contributed by atoms with Gasteiger partial charge in [0.1, 0.15) is 11.2 Å². The highest BCUT2D eigenvalue weighted by atomic mass is 32.2. The lowest BCUT2D eigenvalue weighted by Gasteiger charge is -2.12. The fourth-order valence-electron chi connectivity index (χ4n) is 1.27. The molecule has 1 atom stereocenters. The number of methoxy groups -OCH3 is 1. The van der Waals surface area contributed by atoms with Crippen molar-refractivity contribution in [2.24, 2.45) is 0 Å². The third kappa shape index (κ3) is 4.90. The van der Waals surface area contributed by atoms with E-state index >= 15 is 0 Å². The maximum atomic E-state index is 5.67. The number of unbranched alkanes of at least 4 members (excludes halogenated alkanes) is 1. The van der Waals surface area contributed by atoms with E-state index < -0.39 is 0 Å². The Morgan fingerprint density at radius 1 is 1.25 bits per heavy atom. The monoisotopic (exact) mass is 240 g/mol. The van der Waals surface area contributed by atoms with E-state index in [1.54, 1.807) is 18.9 Å². The summed E-state index contributed by atoms with van der Waals surface area (Å²) in [6, 6.07) is 8.06. The van der Waals surface area contributed by atoms with E-state index in [-0.39, 0.29) is 5.44 Å². The van der Waals surface area contributed by atoms with Crippen LogP contribution in [-0.4, -0.2) is 19.2 Å². The van der Waals surface area contributed by atoms with Crippen LogP contribution in [0.3, 0.4) is 0 Å². The molecule has 0 bridgehead atoms. The third-order valence-electron chi connectivity index (χ3n) is 2.21. The predicted molar refractivity (Wildman–Crippen MR) is 69.2 cm³/mol. The Bertz CT molecular complexity index is 284. The maximum Gasteiger partial charge on any atom is 0.118 e. The van der Waals surface area contributed by atoms with Gasteiger partial charge >= 0.3 is 0 Å². The van der Waals surface area contributed by atoms with Crippen LogP contribution in [0.1, 0.15) is 26.7 Å². The lowest BCUT2D eigenvalue weighted by molar-refractivity contribution is 0.121. The second kappa shape index (κ2) is 7.58. The summed E-state index contributed by atoms with van der Waals surface area (Å²) in [4.78, 5) is 1.21. The van der Waals surface area contributed by atoms with Gasteiger partial charge in [-0.3, -0.25) is 0 Å². The van der Waals surface area contributed by atoms with Gasteiger partial charge in [-0.15, -0.1) is 0 Å². The zero-order valence-electron chi connectivity index (χ0n) is 10.2. The van der Waals surface area contributed by atoms with Crippen molar-refractivity contribution in [1.82, 2.24) is 0 Å². The molecule has 1 aromatic rings. The number of benzene rings is 1. The van der Waals surface area contributed by atoms with Crippen molar-refractivity contribution in [1.29, 1.82) is 0 Å². The Kier molecular flexibility index (Phi) is 6.34. The second-order valence-electron chi connectivity index (χ2n) is 3.59. The summed E-state index contributed by atoms with van der Waals surface area (Å²) in [5.41, 5.74) is 0.208. The molecule has 16 heavy (non-hydrogen) atoms. The summed E-state index contributed by atoms with van der Waals surface area (Å²) in [7, 11) is 1.68. The fourth-order valence-corrected chi connectivity index (χ4v) is 2.11. The van der Waals surface area contributed by atoms with Crippen LogP contribution >= 0.6 is 11.8 Å². The molecule has 0 aliphatic heterocycles. The first kappa shape index (κ1) is 13.4. The maximum absolute atomic E-state index is 5.67. The molecule has 0 radical (unpaired) electrons. The van der Waals surface area contributed by atoms with Crippen LogP contribution in [-0.2, 0) is 4.74 Å². The summed E-state index contributed by atoms with van der Waals surface area (Å²) >= 11 is 1.74. The van der Waals surface area contributed by atoms with E-state index in [0.29, 0.717) is 0 Å². The molecule has 2 nitrogen and oxygen atoms in total. The fraction of sp³-hybridized carbons (Fsp3) is 0.538. The van der Waals surface area contributed by atoms with Crippen LogP contribution in [0.5, 0.6) is 5.75 Å². The largest absolute Gasteiger partial charge is 0.497 e. The molecule has 1 aromatic carbocycles. The summed E-state index contributed by atoms with van der Waals surface area (Å²) in [6.45, 7) is 5.11. The van der Waals surface area contributed by atoms with E-state index in [1.165, 1.54) is 11.3 Å². The molecule has 0 N–H and O–H groups in total. The first-order valence-electron chi connectivity index (χ1n) is 5.68. The van der Waals surface area contributed by atoms with E-state index in [9.17, 15) is 0 Å². The molecule has 0 saturated heterocycles. The van der Waals surface area contributed by atoms with Crippen LogP contribution in [0.15, 0.2) is 29.2 Å². The van der Waals surface area contributed by atoms with Crippen molar-refractivity contribution in [3.63, 3.8) is 0 Å². The Morgan fingerprint density at radius 2 is 1.94 bits per heavy atom. The SMILES string of the molecule is CCCCOC(C)Sc1ccc(OC)cc1. The predicted octanol–water partition coefficient (Wildman–Crippen LogP) is 3.95. The number of hydrogen-bond donors (Lipinski definition) is 0. The minimum atomic E-state index is 0.208. The van der Waals surface area contributed by atoms with Gasteiger partial charge in [-0.2, -0.15) is 0 Å². The molecule has 3 heteroatoms. The standard InChI is InChI=1S/C13H20O2S/c1-4-5-10-15-11(2)16-13-8-6-12(14-3)7-9-13/h6-9,11H,4-5,10H2,1-3H3. The van der Waals surface area contributed by atoms with Gasteiger partial charge < -0.3 is 9.47 Å². The molecule has 1 unspecified atom stereocenters. The summed E-state index contributed by atoms with van der Waals surface area (Å²) < 4.78 is 10.8. The summed E-state index contributed by atoms with van der Waals surface area (Å²) in [5.74, 6) is 0.893. The smallest absolute Gasteiger partial charge is 0.118 e. The molecule has 90 valence electrons. The molecule has 0 heterocycles.